The third-order valence-electron chi connectivity index (χ3n) is 3.97. The van der Waals surface area contributed by atoms with Gasteiger partial charge in [0.25, 0.3) is 11.5 Å². The van der Waals surface area contributed by atoms with E-state index in [1.165, 1.54) is 4.68 Å². The van der Waals surface area contributed by atoms with Gasteiger partial charge in [0.15, 0.2) is 10.0 Å². The average molecular weight is 382 g/mol. The topological polar surface area (TPSA) is 76.9 Å². The Morgan fingerprint density at radius 2 is 1.96 bits per heavy atom. The van der Waals surface area contributed by atoms with Gasteiger partial charge in [-0.1, -0.05) is 30.0 Å². The van der Waals surface area contributed by atoms with Gasteiger partial charge in [0.1, 0.15) is 0 Å². The summed E-state index contributed by atoms with van der Waals surface area (Å²) in [6, 6.07) is 12.6. The van der Waals surface area contributed by atoms with E-state index in [1.807, 2.05) is 24.5 Å². The Bertz CT molecular complexity index is 1210. The summed E-state index contributed by atoms with van der Waals surface area (Å²) in [7, 11) is 1.54. The molecule has 0 atom stereocenters. The molecule has 0 saturated heterocycles. The summed E-state index contributed by atoms with van der Waals surface area (Å²) in [5.41, 5.74) is 1.56. The molecule has 4 aromatic rings. The van der Waals surface area contributed by atoms with Crippen LogP contribution in [0.3, 0.4) is 0 Å². The van der Waals surface area contributed by atoms with Gasteiger partial charge in [-0.3, -0.25) is 9.59 Å². The molecule has 130 valence electrons. The molecule has 0 unspecified atom stereocenters. The van der Waals surface area contributed by atoms with Crippen molar-refractivity contribution in [3.8, 4) is 0 Å². The van der Waals surface area contributed by atoms with Crippen LogP contribution in [0.4, 0.5) is 5.69 Å². The van der Waals surface area contributed by atoms with Crippen LogP contribution in [0.25, 0.3) is 21.0 Å². The first kappa shape index (κ1) is 16.7. The van der Waals surface area contributed by atoms with E-state index >= 15 is 0 Å². The highest BCUT2D eigenvalue weighted by atomic mass is 32.2. The van der Waals surface area contributed by atoms with Crippen LogP contribution in [0.15, 0.2) is 51.6 Å². The fourth-order valence-electron chi connectivity index (χ4n) is 2.73. The Morgan fingerprint density at radius 1 is 1.19 bits per heavy atom. The molecule has 0 fully saturated rings. The number of rotatable bonds is 3. The zero-order valence-corrected chi connectivity index (χ0v) is 15.6. The maximum Gasteiger partial charge on any atom is 0.276 e. The summed E-state index contributed by atoms with van der Waals surface area (Å²) >= 11 is 3.17. The Labute approximate surface area is 156 Å². The highest BCUT2D eigenvalue weighted by molar-refractivity contribution is 8.00. The molecule has 2 heterocycles. The van der Waals surface area contributed by atoms with Gasteiger partial charge >= 0.3 is 0 Å². The van der Waals surface area contributed by atoms with E-state index in [4.69, 9.17) is 0 Å². The highest BCUT2D eigenvalue weighted by Crippen LogP contribution is 2.30. The van der Waals surface area contributed by atoms with E-state index in [0.29, 0.717) is 16.5 Å². The number of hydrogen-bond donors (Lipinski definition) is 1. The fourth-order valence-corrected chi connectivity index (χ4v) is 4.25. The van der Waals surface area contributed by atoms with E-state index in [1.54, 1.807) is 54.4 Å². The number of fused-ring (bicyclic) bond motifs is 2. The molecule has 6 nitrogen and oxygen atoms in total. The van der Waals surface area contributed by atoms with Crippen LogP contribution in [-0.4, -0.2) is 26.9 Å². The third kappa shape index (κ3) is 2.87. The molecule has 0 radical (unpaired) electrons. The predicted octanol–water partition coefficient (Wildman–Crippen LogP) is 3.52. The lowest BCUT2D eigenvalue weighted by atomic mass is 10.1. The first-order chi connectivity index (χ1) is 12.6. The number of carbonyl (C=O) groups excluding carboxylic acids is 1. The zero-order valence-electron chi connectivity index (χ0n) is 14.0. The number of carbonyl (C=O) groups is 1. The second-order valence-electron chi connectivity index (χ2n) is 5.64. The predicted molar refractivity (Wildman–Crippen MR) is 106 cm³/mol. The molecular formula is C18H14N4O2S2. The van der Waals surface area contributed by atoms with Crippen LogP contribution in [0, 0.1) is 0 Å². The van der Waals surface area contributed by atoms with Crippen LogP contribution >= 0.6 is 23.1 Å². The Morgan fingerprint density at radius 3 is 2.73 bits per heavy atom. The number of anilines is 1. The standard InChI is InChI=1S/C18H14N4O2S2/c1-22-17(24)12-6-4-3-5-11(12)15(21-22)16(23)19-10-7-8-13-14(9-10)26-18(20-13)25-2/h3-9H,1-2H3,(H,19,23). The van der Waals surface area contributed by atoms with Crippen molar-refractivity contribution in [1.82, 2.24) is 14.8 Å². The highest BCUT2D eigenvalue weighted by Gasteiger charge is 2.16. The third-order valence-corrected chi connectivity index (χ3v) is 5.98. The number of thiazole rings is 1. The minimum atomic E-state index is -0.356. The quantitative estimate of drug-likeness (QED) is 0.549. The Kier molecular flexibility index (Phi) is 4.21. The lowest BCUT2D eigenvalue weighted by molar-refractivity contribution is 0.102. The molecule has 0 aliphatic rings. The van der Waals surface area contributed by atoms with Crippen molar-refractivity contribution >= 4 is 55.7 Å². The van der Waals surface area contributed by atoms with Crippen molar-refractivity contribution in [1.29, 1.82) is 0 Å². The molecule has 1 N–H and O–H groups in total. The average Bonchev–Trinajstić information content (AvgIpc) is 3.07. The van der Waals surface area contributed by atoms with Gasteiger partial charge in [-0.05, 0) is 30.5 Å². The maximum absolute atomic E-state index is 12.8. The van der Waals surface area contributed by atoms with E-state index < -0.39 is 0 Å². The lowest BCUT2D eigenvalue weighted by Crippen LogP contribution is -2.25. The Hall–Kier alpha value is -2.71. The van der Waals surface area contributed by atoms with Gasteiger partial charge in [-0.15, -0.1) is 11.3 Å². The molecule has 0 saturated carbocycles. The van der Waals surface area contributed by atoms with Crippen molar-refractivity contribution in [2.75, 3.05) is 11.6 Å². The normalized spacial score (nSPS) is 11.2. The monoisotopic (exact) mass is 382 g/mol. The first-order valence-corrected chi connectivity index (χ1v) is 9.83. The number of amides is 1. The molecule has 2 aromatic heterocycles. The van der Waals surface area contributed by atoms with E-state index in [9.17, 15) is 9.59 Å². The summed E-state index contributed by atoms with van der Waals surface area (Å²) in [6.07, 6.45) is 1.98. The molecule has 26 heavy (non-hydrogen) atoms. The van der Waals surface area contributed by atoms with Gasteiger partial charge in [-0.25, -0.2) is 9.67 Å². The van der Waals surface area contributed by atoms with E-state index in [-0.39, 0.29) is 17.2 Å². The van der Waals surface area contributed by atoms with E-state index in [0.717, 1.165) is 14.6 Å². The van der Waals surface area contributed by atoms with Gasteiger partial charge in [0.2, 0.25) is 0 Å². The SMILES string of the molecule is CSc1nc2ccc(NC(=O)c3nn(C)c(=O)c4ccccc34)cc2s1. The minimum absolute atomic E-state index is 0.219. The van der Waals surface area contributed by atoms with Crippen molar-refractivity contribution in [2.24, 2.45) is 7.05 Å². The maximum atomic E-state index is 12.8. The molecule has 8 heteroatoms. The first-order valence-electron chi connectivity index (χ1n) is 7.79. The largest absolute Gasteiger partial charge is 0.321 e. The van der Waals surface area contributed by atoms with Crippen molar-refractivity contribution < 1.29 is 4.79 Å². The summed E-state index contributed by atoms with van der Waals surface area (Å²) in [6.45, 7) is 0. The summed E-state index contributed by atoms with van der Waals surface area (Å²) in [4.78, 5) is 29.5. The molecule has 0 bridgehead atoms. The zero-order chi connectivity index (χ0) is 18.3. The number of thioether (sulfide) groups is 1. The van der Waals surface area contributed by atoms with Crippen molar-refractivity contribution in [3.63, 3.8) is 0 Å². The Balaban J connectivity index is 1.74. The van der Waals surface area contributed by atoms with Crippen LogP contribution in [0.5, 0.6) is 0 Å². The van der Waals surface area contributed by atoms with Crippen LogP contribution < -0.4 is 10.9 Å². The van der Waals surface area contributed by atoms with Gasteiger partial charge in [0, 0.05) is 18.1 Å². The number of benzene rings is 2. The molecule has 2 aromatic carbocycles. The number of nitrogens with zero attached hydrogens (tertiary/aromatic N) is 3. The molecule has 4 rings (SSSR count). The molecule has 1 amide bonds. The summed E-state index contributed by atoms with van der Waals surface area (Å²) in [5.74, 6) is -0.356. The lowest BCUT2D eigenvalue weighted by Gasteiger charge is -2.09. The second-order valence-corrected chi connectivity index (χ2v) is 7.73. The second kappa shape index (κ2) is 6.54. The fraction of sp³-hybridized carbons (Fsp3) is 0.111. The molecular weight excluding hydrogens is 368 g/mol. The molecule has 0 aliphatic carbocycles. The molecule has 0 spiro atoms. The van der Waals surface area contributed by atoms with E-state index in [2.05, 4.69) is 15.4 Å². The number of hydrogen-bond acceptors (Lipinski definition) is 6. The van der Waals surface area contributed by atoms with Crippen LogP contribution in [0.2, 0.25) is 0 Å². The van der Waals surface area contributed by atoms with Gasteiger partial charge in [0.05, 0.1) is 15.6 Å². The van der Waals surface area contributed by atoms with Gasteiger partial charge in [-0.2, -0.15) is 5.10 Å². The van der Waals surface area contributed by atoms with Gasteiger partial charge < -0.3 is 5.32 Å². The summed E-state index contributed by atoms with van der Waals surface area (Å²) in [5, 5.41) is 8.04. The number of aromatic nitrogens is 3. The van der Waals surface area contributed by atoms with Crippen molar-refractivity contribution in [2.45, 2.75) is 4.34 Å². The van der Waals surface area contributed by atoms with Crippen LogP contribution in [-0.2, 0) is 7.05 Å². The van der Waals surface area contributed by atoms with Crippen LogP contribution in [0.1, 0.15) is 10.5 Å². The minimum Gasteiger partial charge on any atom is -0.321 e. The number of aryl methyl sites for hydroxylation is 1. The smallest absolute Gasteiger partial charge is 0.276 e. The summed E-state index contributed by atoms with van der Waals surface area (Å²) < 4.78 is 3.17. The molecule has 0 aliphatic heterocycles. The van der Waals surface area contributed by atoms with Crippen molar-refractivity contribution in [3.05, 3.63) is 58.5 Å². The number of nitrogens with one attached hydrogen (secondary N) is 1.